The summed E-state index contributed by atoms with van der Waals surface area (Å²) >= 11 is 0. The van der Waals surface area contributed by atoms with E-state index in [0.29, 0.717) is 0 Å². The lowest BCUT2D eigenvalue weighted by Gasteiger charge is -2.13. The summed E-state index contributed by atoms with van der Waals surface area (Å²) in [7, 11) is 0. The van der Waals surface area contributed by atoms with Gasteiger partial charge in [0.2, 0.25) is 0 Å². The minimum Gasteiger partial charge on any atom is -0.300 e. The highest BCUT2D eigenvalue weighted by Crippen LogP contribution is 2.30. The molecule has 0 aliphatic carbocycles. The third kappa shape index (κ3) is 2.72. The molecule has 0 radical (unpaired) electrons. The van der Waals surface area contributed by atoms with Crippen LogP contribution in [0.5, 0.6) is 0 Å². The average molecular weight is 327 g/mol. The van der Waals surface area contributed by atoms with E-state index in [0.717, 1.165) is 29.9 Å². The summed E-state index contributed by atoms with van der Waals surface area (Å²) in [5.74, 6) is 0.912. The number of nitrogens with zero attached hydrogens (tertiary/aromatic N) is 3. The van der Waals surface area contributed by atoms with Crippen LogP contribution in [-0.2, 0) is 12.8 Å². The molecule has 4 aromatic rings. The molecule has 4 rings (SSSR count). The molecule has 0 spiro atoms. The van der Waals surface area contributed by atoms with E-state index in [1.807, 2.05) is 30.6 Å². The number of hydrogen-bond acceptors (Lipinski definition) is 2. The van der Waals surface area contributed by atoms with Gasteiger partial charge in [-0.05, 0) is 48.2 Å². The number of aryl methyl sites for hydroxylation is 2. The molecule has 0 aliphatic rings. The smallest absolute Gasteiger partial charge is 0.137 e. The zero-order chi connectivity index (χ0) is 17.2. The summed E-state index contributed by atoms with van der Waals surface area (Å²) in [5.41, 5.74) is 6.14. The van der Waals surface area contributed by atoms with Crippen LogP contribution in [0.15, 0.2) is 67.1 Å². The van der Waals surface area contributed by atoms with Crippen LogP contribution in [0.4, 0.5) is 0 Å². The summed E-state index contributed by atoms with van der Waals surface area (Å²) < 4.78 is 2.08. The first kappa shape index (κ1) is 15.6. The molecular weight excluding hydrogens is 306 g/mol. The summed E-state index contributed by atoms with van der Waals surface area (Å²) in [6.07, 6.45) is 7.86. The van der Waals surface area contributed by atoms with Gasteiger partial charge in [0.1, 0.15) is 5.82 Å². The number of aromatic nitrogens is 3. The molecule has 25 heavy (non-hydrogen) atoms. The Morgan fingerprint density at radius 3 is 2.36 bits per heavy atom. The molecule has 124 valence electrons. The van der Waals surface area contributed by atoms with E-state index in [1.165, 1.54) is 22.1 Å². The van der Waals surface area contributed by atoms with Crippen LogP contribution in [0.25, 0.3) is 28.0 Å². The average Bonchev–Trinajstić information content (AvgIpc) is 3.11. The quantitative estimate of drug-likeness (QED) is 0.515. The molecule has 3 aromatic heterocycles. The van der Waals surface area contributed by atoms with Gasteiger partial charge >= 0.3 is 0 Å². The lowest BCUT2D eigenvalue weighted by Crippen LogP contribution is -1.98. The van der Waals surface area contributed by atoms with E-state index in [9.17, 15) is 0 Å². The van der Waals surface area contributed by atoms with Crippen LogP contribution in [0, 0.1) is 0 Å². The topological polar surface area (TPSA) is 30.7 Å². The van der Waals surface area contributed by atoms with Crippen molar-refractivity contribution in [1.29, 1.82) is 0 Å². The first-order valence-corrected chi connectivity index (χ1v) is 8.81. The van der Waals surface area contributed by atoms with Crippen molar-refractivity contribution in [2.24, 2.45) is 0 Å². The Bertz CT molecular complexity index is 994. The molecule has 0 aliphatic heterocycles. The fourth-order valence-electron chi connectivity index (χ4n) is 3.44. The zero-order valence-electron chi connectivity index (χ0n) is 14.6. The first-order chi connectivity index (χ1) is 12.3. The molecule has 0 atom stereocenters. The van der Waals surface area contributed by atoms with Gasteiger partial charge < -0.3 is 0 Å². The molecule has 1 aromatic carbocycles. The maximum absolute atomic E-state index is 4.80. The number of benzene rings is 1. The van der Waals surface area contributed by atoms with Gasteiger partial charge in [-0.2, -0.15) is 0 Å². The van der Waals surface area contributed by atoms with Gasteiger partial charge in [-0.3, -0.25) is 9.55 Å². The SMILES string of the molecule is CCc1cccc(CC)c1-c1cc2ccn(-c3ccccn3)c2cn1. The second kappa shape index (κ2) is 6.52. The number of pyridine rings is 2. The lowest BCUT2D eigenvalue weighted by molar-refractivity contribution is 1.04. The van der Waals surface area contributed by atoms with Gasteiger partial charge in [-0.1, -0.05) is 38.1 Å². The van der Waals surface area contributed by atoms with E-state index >= 15 is 0 Å². The molecular formula is C22H21N3. The van der Waals surface area contributed by atoms with Crippen molar-refractivity contribution in [2.75, 3.05) is 0 Å². The van der Waals surface area contributed by atoms with Gasteiger partial charge in [-0.15, -0.1) is 0 Å². The molecule has 0 amide bonds. The van der Waals surface area contributed by atoms with Crippen molar-refractivity contribution in [3.63, 3.8) is 0 Å². The van der Waals surface area contributed by atoms with Gasteiger partial charge in [0.15, 0.2) is 0 Å². The second-order valence-corrected chi connectivity index (χ2v) is 6.16. The summed E-state index contributed by atoms with van der Waals surface area (Å²) in [6, 6.07) is 16.8. The highest BCUT2D eigenvalue weighted by molar-refractivity contribution is 5.85. The molecule has 0 bridgehead atoms. The molecule has 3 heteroatoms. The highest BCUT2D eigenvalue weighted by atomic mass is 15.1. The Balaban J connectivity index is 1.87. The standard InChI is InChI=1S/C22H21N3/c1-3-16-8-7-9-17(4-2)22(16)19-14-18-11-13-25(20(18)15-24-19)21-10-5-6-12-23-21/h5-15H,3-4H2,1-2H3. The first-order valence-electron chi connectivity index (χ1n) is 8.81. The number of hydrogen-bond donors (Lipinski definition) is 0. The Hall–Kier alpha value is -2.94. The zero-order valence-corrected chi connectivity index (χ0v) is 14.6. The van der Waals surface area contributed by atoms with E-state index in [-0.39, 0.29) is 0 Å². The van der Waals surface area contributed by atoms with E-state index in [2.05, 4.69) is 59.9 Å². The van der Waals surface area contributed by atoms with Gasteiger partial charge in [-0.25, -0.2) is 4.98 Å². The van der Waals surface area contributed by atoms with E-state index in [1.54, 1.807) is 0 Å². The Morgan fingerprint density at radius 2 is 1.68 bits per heavy atom. The van der Waals surface area contributed by atoms with Crippen LogP contribution >= 0.6 is 0 Å². The monoisotopic (exact) mass is 327 g/mol. The van der Waals surface area contributed by atoms with Gasteiger partial charge in [0, 0.05) is 23.3 Å². The van der Waals surface area contributed by atoms with Gasteiger partial charge in [0.05, 0.1) is 17.4 Å². The summed E-state index contributed by atoms with van der Waals surface area (Å²) in [5, 5.41) is 1.18. The Labute approximate surface area is 148 Å². The normalized spacial score (nSPS) is 11.1. The van der Waals surface area contributed by atoms with E-state index in [4.69, 9.17) is 4.98 Å². The second-order valence-electron chi connectivity index (χ2n) is 6.16. The lowest BCUT2D eigenvalue weighted by atomic mass is 9.94. The van der Waals surface area contributed by atoms with Crippen molar-refractivity contribution >= 4 is 10.9 Å². The molecule has 0 unspecified atom stereocenters. The minimum absolute atomic E-state index is 0.912. The van der Waals surface area contributed by atoms with Gasteiger partial charge in [0.25, 0.3) is 0 Å². The van der Waals surface area contributed by atoms with Crippen molar-refractivity contribution in [1.82, 2.24) is 14.5 Å². The molecule has 0 N–H and O–H groups in total. The number of fused-ring (bicyclic) bond motifs is 1. The Kier molecular flexibility index (Phi) is 4.06. The Morgan fingerprint density at radius 1 is 0.880 bits per heavy atom. The molecule has 3 heterocycles. The molecule has 0 saturated carbocycles. The van der Waals surface area contributed by atoms with Crippen LogP contribution in [0.1, 0.15) is 25.0 Å². The predicted octanol–water partition coefficient (Wildman–Crippen LogP) is 5.21. The molecule has 3 nitrogen and oxygen atoms in total. The van der Waals surface area contributed by atoms with Crippen molar-refractivity contribution < 1.29 is 0 Å². The third-order valence-electron chi connectivity index (χ3n) is 4.73. The molecule has 0 fully saturated rings. The van der Waals surface area contributed by atoms with Crippen molar-refractivity contribution in [3.05, 3.63) is 78.2 Å². The summed E-state index contributed by atoms with van der Waals surface area (Å²) in [4.78, 5) is 9.25. The van der Waals surface area contributed by atoms with Crippen LogP contribution < -0.4 is 0 Å². The molecule has 0 saturated heterocycles. The van der Waals surface area contributed by atoms with Crippen molar-refractivity contribution in [3.8, 4) is 17.1 Å². The third-order valence-corrected chi connectivity index (χ3v) is 4.73. The van der Waals surface area contributed by atoms with E-state index < -0.39 is 0 Å². The maximum Gasteiger partial charge on any atom is 0.137 e. The van der Waals surface area contributed by atoms with Crippen LogP contribution in [0.2, 0.25) is 0 Å². The summed E-state index contributed by atoms with van der Waals surface area (Å²) in [6.45, 7) is 4.41. The maximum atomic E-state index is 4.80. The predicted molar refractivity (Wildman–Crippen MR) is 103 cm³/mol. The fraction of sp³-hybridized carbons (Fsp3) is 0.182. The van der Waals surface area contributed by atoms with Crippen LogP contribution in [0.3, 0.4) is 0 Å². The van der Waals surface area contributed by atoms with Crippen LogP contribution in [-0.4, -0.2) is 14.5 Å². The minimum atomic E-state index is 0.912. The number of rotatable bonds is 4. The van der Waals surface area contributed by atoms with Crippen molar-refractivity contribution in [2.45, 2.75) is 26.7 Å². The fourth-order valence-corrected chi connectivity index (χ4v) is 3.44. The highest BCUT2D eigenvalue weighted by Gasteiger charge is 2.12. The largest absolute Gasteiger partial charge is 0.300 e.